The molecule has 28 heavy (non-hydrogen) atoms. The van der Waals surface area contributed by atoms with E-state index in [2.05, 4.69) is 10.6 Å². The van der Waals surface area contributed by atoms with Crippen LogP contribution < -0.4 is 10.6 Å². The zero-order valence-corrected chi connectivity index (χ0v) is 16.4. The molecule has 1 aromatic rings. The Bertz CT molecular complexity index is 694. The topological polar surface area (TPSA) is 87.7 Å². The van der Waals surface area contributed by atoms with Crippen LogP contribution in [0.1, 0.15) is 31.2 Å². The molecule has 1 saturated heterocycles. The molecular weight excluding hydrogens is 358 g/mol. The molecule has 2 fully saturated rings. The van der Waals surface area contributed by atoms with Crippen molar-refractivity contribution in [2.45, 2.75) is 38.1 Å². The highest BCUT2D eigenvalue weighted by Gasteiger charge is 2.45. The summed E-state index contributed by atoms with van der Waals surface area (Å²) in [6.45, 7) is 1.57. The lowest BCUT2D eigenvalue weighted by Gasteiger charge is -2.42. The molecule has 0 bridgehead atoms. The van der Waals surface area contributed by atoms with E-state index in [9.17, 15) is 14.4 Å². The van der Waals surface area contributed by atoms with Gasteiger partial charge in [-0.15, -0.1) is 0 Å². The molecule has 1 heterocycles. The monoisotopic (exact) mass is 387 g/mol. The summed E-state index contributed by atoms with van der Waals surface area (Å²) in [4.78, 5) is 39.0. The molecule has 3 atom stereocenters. The van der Waals surface area contributed by atoms with Gasteiger partial charge in [0.1, 0.15) is 0 Å². The molecule has 2 N–H and O–H groups in total. The highest BCUT2D eigenvalue weighted by atomic mass is 16.5. The van der Waals surface area contributed by atoms with Gasteiger partial charge < -0.3 is 15.4 Å². The van der Waals surface area contributed by atoms with Crippen LogP contribution in [0.3, 0.4) is 0 Å². The fourth-order valence-corrected chi connectivity index (χ4v) is 4.07. The Kier molecular flexibility index (Phi) is 7.03. The molecule has 3 rings (SSSR count). The first-order valence-electron chi connectivity index (χ1n) is 10.0. The highest BCUT2D eigenvalue weighted by molar-refractivity contribution is 5.99. The van der Waals surface area contributed by atoms with Crippen molar-refractivity contribution in [3.8, 4) is 0 Å². The molecule has 1 aliphatic heterocycles. The van der Waals surface area contributed by atoms with Gasteiger partial charge in [0, 0.05) is 38.8 Å². The number of fused-ring (bicyclic) bond motifs is 1. The number of nitrogens with zero attached hydrogens (tertiary/aromatic N) is 1. The molecule has 7 nitrogen and oxygen atoms in total. The number of methoxy groups -OCH3 is 1. The van der Waals surface area contributed by atoms with Crippen LogP contribution >= 0.6 is 0 Å². The largest absolute Gasteiger partial charge is 0.385 e. The highest BCUT2D eigenvalue weighted by Crippen LogP contribution is 2.33. The molecule has 0 spiro atoms. The van der Waals surface area contributed by atoms with Crippen molar-refractivity contribution in [2.75, 3.05) is 26.8 Å². The molecule has 1 saturated carbocycles. The van der Waals surface area contributed by atoms with E-state index in [1.165, 1.54) is 4.90 Å². The maximum atomic E-state index is 12.9. The second-order valence-corrected chi connectivity index (χ2v) is 7.54. The van der Waals surface area contributed by atoms with Gasteiger partial charge in [0.15, 0.2) is 0 Å². The Morgan fingerprint density at radius 1 is 1.25 bits per heavy atom. The van der Waals surface area contributed by atoms with Crippen LogP contribution in [0.4, 0.5) is 4.79 Å². The number of hydrogen-bond acceptors (Lipinski definition) is 4. The van der Waals surface area contributed by atoms with Crippen LogP contribution in [-0.4, -0.2) is 55.6 Å². The van der Waals surface area contributed by atoms with E-state index in [-0.39, 0.29) is 35.7 Å². The second kappa shape index (κ2) is 9.68. The molecule has 7 heteroatoms. The van der Waals surface area contributed by atoms with Gasteiger partial charge in [-0.2, -0.15) is 0 Å². The molecule has 4 amide bonds. The summed E-state index contributed by atoms with van der Waals surface area (Å²) < 4.78 is 4.98. The zero-order valence-electron chi connectivity index (χ0n) is 16.4. The lowest BCUT2D eigenvalue weighted by molar-refractivity contribution is -0.139. The van der Waals surface area contributed by atoms with Crippen molar-refractivity contribution in [3.63, 3.8) is 0 Å². The molecule has 1 aliphatic carbocycles. The predicted molar refractivity (Wildman–Crippen MR) is 105 cm³/mol. The predicted octanol–water partition coefficient (Wildman–Crippen LogP) is 1.72. The van der Waals surface area contributed by atoms with E-state index in [1.54, 1.807) is 7.11 Å². The molecule has 0 aromatic heterocycles. The molecule has 152 valence electrons. The summed E-state index contributed by atoms with van der Waals surface area (Å²) >= 11 is 0. The summed E-state index contributed by atoms with van der Waals surface area (Å²) in [6, 6.07) is 9.23. The summed E-state index contributed by atoms with van der Waals surface area (Å²) in [7, 11) is 1.63. The lowest BCUT2D eigenvalue weighted by atomic mass is 9.76. The van der Waals surface area contributed by atoms with E-state index in [0.29, 0.717) is 45.4 Å². The van der Waals surface area contributed by atoms with E-state index in [4.69, 9.17) is 4.74 Å². The summed E-state index contributed by atoms with van der Waals surface area (Å²) in [5, 5.41) is 5.89. The van der Waals surface area contributed by atoms with Crippen molar-refractivity contribution in [3.05, 3.63) is 35.9 Å². The minimum atomic E-state index is -0.344. The summed E-state index contributed by atoms with van der Waals surface area (Å²) in [5.41, 5.74) is 1.10. The van der Waals surface area contributed by atoms with Gasteiger partial charge in [-0.25, -0.2) is 4.79 Å². The van der Waals surface area contributed by atoms with E-state index in [0.717, 1.165) is 12.0 Å². The third-order valence-corrected chi connectivity index (χ3v) is 5.65. The lowest BCUT2D eigenvalue weighted by Crippen LogP contribution is -2.62. The Labute approximate surface area is 165 Å². The van der Waals surface area contributed by atoms with Crippen LogP contribution in [0.5, 0.6) is 0 Å². The van der Waals surface area contributed by atoms with Crippen LogP contribution in [0.25, 0.3) is 0 Å². The van der Waals surface area contributed by atoms with Crippen LogP contribution in [0, 0.1) is 11.8 Å². The fourth-order valence-electron chi connectivity index (χ4n) is 4.07. The fraction of sp³-hybridized carbons (Fsp3) is 0.571. The maximum Gasteiger partial charge on any atom is 0.324 e. The normalized spacial score (nSPS) is 24.5. The van der Waals surface area contributed by atoms with Gasteiger partial charge in [-0.3, -0.25) is 14.5 Å². The number of hydrogen-bond donors (Lipinski definition) is 2. The van der Waals surface area contributed by atoms with Crippen molar-refractivity contribution < 1.29 is 19.1 Å². The van der Waals surface area contributed by atoms with Gasteiger partial charge in [0.25, 0.3) is 0 Å². The van der Waals surface area contributed by atoms with Gasteiger partial charge in [-0.1, -0.05) is 30.3 Å². The molecule has 0 radical (unpaired) electrons. The van der Waals surface area contributed by atoms with Crippen LogP contribution in [-0.2, 0) is 20.7 Å². The third-order valence-electron chi connectivity index (χ3n) is 5.65. The molecule has 1 aromatic carbocycles. The first-order chi connectivity index (χ1) is 13.6. The Morgan fingerprint density at radius 2 is 2.04 bits per heavy atom. The minimum Gasteiger partial charge on any atom is -0.385 e. The van der Waals surface area contributed by atoms with E-state index in [1.807, 2.05) is 30.3 Å². The Balaban J connectivity index is 1.52. The molecule has 3 unspecified atom stereocenters. The number of amides is 4. The first-order valence-corrected chi connectivity index (χ1v) is 10.0. The van der Waals surface area contributed by atoms with E-state index < -0.39 is 0 Å². The SMILES string of the molecule is COCCCNC(=O)C1CCC2C(=O)N(CCc3ccccc3)C(=O)NC2C1. The molecular formula is C21H29N3O4. The Morgan fingerprint density at radius 3 is 2.79 bits per heavy atom. The average molecular weight is 387 g/mol. The molecule has 2 aliphatic rings. The van der Waals surface area contributed by atoms with Crippen molar-refractivity contribution in [1.29, 1.82) is 0 Å². The number of urea groups is 1. The summed E-state index contributed by atoms with van der Waals surface area (Å²) in [5.74, 6) is -0.495. The van der Waals surface area contributed by atoms with Gasteiger partial charge >= 0.3 is 6.03 Å². The van der Waals surface area contributed by atoms with Crippen LogP contribution in [0.15, 0.2) is 30.3 Å². The van der Waals surface area contributed by atoms with Crippen molar-refractivity contribution in [1.82, 2.24) is 15.5 Å². The van der Waals surface area contributed by atoms with E-state index >= 15 is 0 Å². The van der Waals surface area contributed by atoms with Crippen molar-refractivity contribution >= 4 is 17.8 Å². The number of rotatable bonds is 8. The quantitative estimate of drug-likeness (QED) is 0.665. The smallest absolute Gasteiger partial charge is 0.324 e. The van der Waals surface area contributed by atoms with Crippen molar-refractivity contribution in [2.24, 2.45) is 11.8 Å². The van der Waals surface area contributed by atoms with Gasteiger partial charge in [-0.05, 0) is 37.7 Å². The number of carbonyl (C=O) groups is 3. The Hall–Kier alpha value is -2.41. The number of carbonyl (C=O) groups excluding carboxylic acids is 3. The van der Waals surface area contributed by atoms with Gasteiger partial charge in [0.05, 0.1) is 5.92 Å². The number of nitrogens with one attached hydrogen (secondary N) is 2. The summed E-state index contributed by atoms with van der Waals surface area (Å²) in [6.07, 6.45) is 3.23. The third kappa shape index (κ3) is 4.90. The maximum absolute atomic E-state index is 12.9. The standard InChI is InChI=1S/C21H29N3O4/c1-28-13-5-11-22-19(25)16-8-9-17-18(14-16)23-21(27)24(20(17)26)12-10-15-6-3-2-4-7-15/h2-4,6-7,16-18H,5,8-14H2,1H3,(H,22,25)(H,23,27). The number of benzene rings is 1. The zero-order chi connectivity index (χ0) is 19.9. The minimum absolute atomic E-state index is 0.00255. The second-order valence-electron chi connectivity index (χ2n) is 7.54. The van der Waals surface area contributed by atoms with Gasteiger partial charge in [0.2, 0.25) is 11.8 Å². The number of ether oxygens (including phenoxy) is 1. The average Bonchev–Trinajstić information content (AvgIpc) is 2.71. The first kappa shape index (κ1) is 20.3. The van der Waals surface area contributed by atoms with Crippen LogP contribution in [0.2, 0.25) is 0 Å². The number of imide groups is 1.